The summed E-state index contributed by atoms with van der Waals surface area (Å²) in [5.41, 5.74) is 9.25. The molecule has 2 nitrogen and oxygen atoms in total. The van der Waals surface area contributed by atoms with E-state index in [1.807, 2.05) is 0 Å². The topological polar surface area (TPSA) is 52.0 Å². The van der Waals surface area contributed by atoms with E-state index >= 15 is 0 Å². The molecule has 0 atom stereocenters. The molecule has 0 aliphatic heterocycles. The molecule has 0 aliphatic carbocycles. The van der Waals surface area contributed by atoms with Gasteiger partial charge in [0.2, 0.25) is 0 Å². The molecule has 0 aromatic rings. The molecule has 0 saturated heterocycles. The Morgan fingerprint density at radius 1 is 0.778 bits per heavy atom. The van der Waals surface area contributed by atoms with E-state index < -0.39 is 0 Å². The van der Waals surface area contributed by atoms with Crippen molar-refractivity contribution in [3.05, 3.63) is 0 Å². The van der Waals surface area contributed by atoms with Crippen molar-refractivity contribution >= 4 is 0 Å². The van der Waals surface area contributed by atoms with E-state index in [4.69, 9.17) is 0 Å². The van der Waals surface area contributed by atoms with Gasteiger partial charge in [-0.05, 0) is 0 Å². The van der Waals surface area contributed by atoms with Crippen LogP contribution in [0.4, 0.5) is 0 Å². The van der Waals surface area contributed by atoms with Crippen LogP contribution in [0.1, 0.15) is 40.5 Å². The summed E-state index contributed by atoms with van der Waals surface area (Å²) in [6, 6.07) is 0. The van der Waals surface area contributed by atoms with Crippen molar-refractivity contribution in [1.29, 1.82) is 0 Å². The molecule has 0 fully saturated rings. The molecule has 4 N–H and O–H groups in total. The molecule has 0 saturated carbocycles. The van der Waals surface area contributed by atoms with E-state index in [9.17, 15) is 0 Å². The average Bonchev–Trinajstić information content (AvgIpc) is 1.70. The maximum absolute atomic E-state index is 4.62. The van der Waals surface area contributed by atoms with Gasteiger partial charge in [0.1, 0.15) is 0 Å². The van der Waals surface area contributed by atoms with Crippen molar-refractivity contribution in [3.63, 3.8) is 0 Å². The summed E-state index contributed by atoms with van der Waals surface area (Å²) in [7, 11) is 0. The zero-order valence-corrected chi connectivity index (χ0v) is 7.28. The van der Waals surface area contributed by atoms with Crippen LogP contribution >= 0.6 is 0 Å². The molecular weight excluding hydrogens is 112 g/mol. The predicted molar refractivity (Wildman–Crippen MR) is 45.2 cm³/mol. The normalized spacial score (nSPS) is 6.00. The van der Waals surface area contributed by atoms with Crippen LogP contribution in [-0.2, 0) is 0 Å². The molecule has 0 unspecified atom stereocenters. The Kier molecular flexibility index (Phi) is 78.9. The van der Waals surface area contributed by atoms with E-state index in [0.29, 0.717) is 0 Å². The Balaban J connectivity index is -0.0000000600. The molecule has 0 aromatic carbocycles. The average molecular weight is 134 g/mol. The summed E-state index contributed by atoms with van der Waals surface area (Å²) in [4.78, 5) is 0. The Morgan fingerprint density at radius 2 is 0.778 bits per heavy atom. The fourth-order valence-electron chi connectivity index (χ4n) is 0. The highest BCUT2D eigenvalue weighted by atomic mass is 14.7. The molecule has 0 bridgehead atoms. The maximum atomic E-state index is 4.62. The van der Waals surface area contributed by atoms with Gasteiger partial charge in [-0.25, -0.2) is 0 Å². The monoisotopic (exact) mass is 134 g/mol. The second-order valence-corrected chi connectivity index (χ2v) is 1.65. The quantitative estimate of drug-likeness (QED) is 0.495. The van der Waals surface area contributed by atoms with E-state index in [2.05, 4.69) is 39.2 Å². The fraction of sp³-hybridized carbons (Fsp3) is 1.00. The third-order valence-electron chi connectivity index (χ3n) is 0. The summed E-state index contributed by atoms with van der Waals surface area (Å²) < 4.78 is 0. The zero-order chi connectivity index (χ0) is 8.12. The lowest BCUT2D eigenvalue weighted by molar-refractivity contribution is 1.07. The lowest BCUT2D eigenvalue weighted by Crippen LogP contribution is -2.08. The Labute approximate surface area is 59.6 Å². The molecule has 2 heteroatoms. The van der Waals surface area contributed by atoms with Crippen LogP contribution in [0.5, 0.6) is 0 Å². The third kappa shape index (κ3) is 43400. The molecule has 0 aliphatic rings. The van der Waals surface area contributed by atoms with Crippen LogP contribution in [0, 0.1) is 0 Å². The van der Waals surface area contributed by atoms with Gasteiger partial charge in [0.05, 0.1) is 0 Å². The van der Waals surface area contributed by atoms with E-state index in [1.165, 1.54) is 12.8 Å². The molecule has 0 spiro atoms. The van der Waals surface area contributed by atoms with Crippen molar-refractivity contribution in [1.82, 2.24) is 0 Å². The highest BCUT2D eigenvalue weighted by Crippen LogP contribution is 1.56. The lowest BCUT2D eigenvalue weighted by Gasteiger charge is -1.56. The van der Waals surface area contributed by atoms with Crippen LogP contribution in [0.15, 0.2) is 0 Å². The van der Waals surface area contributed by atoms with Gasteiger partial charge in [-0.2, -0.15) is 0 Å². The van der Waals surface area contributed by atoms with E-state index in [0.717, 1.165) is 0 Å². The fourth-order valence-corrected chi connectivity index (χ4v) is 0. The number of nitrogens with two attached hydrogens (primary N) is 2. The second kappa shape index (κ2) is 44.5. The first kappa shape index (κ1) is 16.0. The van der Waals surface area contributed by atoms with Gasteiger partial charge >= 0.3 is 0 Å². The van der Waals surface area contributed by atoms with E-state index in [-0.39, 0.29) is 6.67 Å². The largest absolute Gasteiger partial charge is 0.319 e. The van der Waals surface area contributed by atoms with Gasteiger partial charge in [-0.1, -0.05) is 40.5 Å². The molecule has 0 amide bonds. The Bertz CT molecular complexity index is 11.6. The van der Waals surface area contributed by atoms with Gasteiger partial charge in [-0.3, -0.25) is 0 Å². The first-order chi connectivity index (χ1) is 4.24. The van der Waals surface area contributed by atoms with Crippen molar-refractivity contribution in [2.24, 2.45) is 11.5 Å². The van der Waals surface area contributed by atoms with Crippen LogP contribution in [0.25, 0.3) is 0 Å². The minimum atomic E-state index is 0.250. The van der Waals surface area contributed by atoms with Crippen molar-refractivity contribution in [2.45, 2.75) is 40.5 Å². The molecule has 0 rings (SSSR count). The van der Waals surface area contributed by atoms with Crippen LogP contribution in [-0.4, -0.2) is 6.67 Å². The summed E-state index contributed by atoms with van der Waals surface area (Å²) >= 11 is 0. The van der Waals surface area contributed by atoms with Crippen molar-refractivity contribution < 1.29 is 0 Å². The van der Waals surface area contributed by atoms with Gasteiger partial charge in [0.25, 0.3) is 0 Å². The summed E-state index contributed by atoms with van der Waals surface area (Å²) in [5.74, 6) is 0. The van der Waals surface area contributed by atoms with Gasteiger partial charge in [-0.15, -0.1) is 0 Å². The molecule has 0 radical (unpaired) electrons. The lowest BCUT2D eigenvalue weighted by atomic mass is 10.6. The molecule has 60 valence electrons. The third-order valence-corrected chi connectivity index (χ3v) is 0. The highest BCUT2D eigenvalue weighted by Gasteiger charge is 1.36. The number of rotatable bonds is 0. The second-order valence-electron chi connectivity index (χ2n) is 1.65. The van der Waals surface area contributed by atoms with Crippen LogP contribution in [0.3, 0.4) is 0 Å². The van der Waals surface area contributed by atoms with E-state index in [1.54, 1.807) is 0 Å². The van der Waals surface area contributed by atoms with Crippen LogP contribution in [0.2, 0.25) is 0 Å². The highest BCUT2D eigenvalue weighted by molar-refractivity contribution is 3.94. The van der Waals surface area contributed by atoms with Gasteiger partial charge < -0.3 is 11.5 Å². The summed E-state index contributed by atoms with van der Waals surface area (Å²) in [6.45, 7) is 8.75. The van der Waals surface area contributed by atoms with Crippen molar-refractivity contribution in [2.75, 3.05) is 6.67 Å². The first-order valence-electron chi connectivity index (χ1n) is 3.64. The first-order valence-corrected chi connectivity index (χ1v) is 3.64. The Hall–Kier alpha value is -0.0800. The molecular formula is C7H22N2. The van der Waals surface area contributed by atoms with Gasteiger partial charge in [0.15, 0.2) is 0 Å². The minimum Gasteiger partial charge on any atom is -0.319 e. The van der Waals surface area contributed by atoms with Crippen molar-refractivity contribution in [3.8, 4) is 0 Å². The maximum Gasteiger partial charge on any atom is 0.0403 e. The number of hydrogen-bond acceptors (Lipinski definition) is 2. The molecule has 0 heterocycles. The SMILES string of the molecule is CCC.CCC.NCN. The predicted octanol–water partition coefficient (Wildman–Crippen LogP) is 1.69. The molecule has 9 heavy (non-hydrogen) atoms. The minimum absolute atomic E-state index is 0.250. The summed E-state index contributed by atoms with van der Waals surface area (Å²) in [5, 5.41) is 0. The standard InChI is InChI=1S/2C3H8.CH6N2/c2*1-3-2;2-1-3/h2*3H2,1-2H3;1-3H2. The Morgan fingerprint density at radius 3 is 0.778 bits per heavy atom. The smallest absolute Gasteiger partial charge is 0.0403 e. The number of hydrogen-bond donors (Lipinski definition) is 2. The zero-order valence-electron chi connectivity index (χ0n) is 7.28. The van der Waals surface area contributed by atoms with Crippen LogP contribution < -0.4 is 11.5 Å². The molecule has 0 aromatic heterocycles. The summed E-state index contributed by atoms with van der Waals surface area (Å²) in [6.07, 6.45) is 2.50. The van der Waals surface area contributed by atoms with Gasteiger partial charge in [0, 0.05) is 6.67 Å².